The second kappa shape index (κ2) is 5.23. The van der Waals surface area contributed by atoms with Crippen molar-refractivity contribution in [1.82, 2.24) is 0 Å². The van der Waals surface area contributed by atoms with Crippen LogP contribution in [0.25, 0.3) is 0 Å². The van der Waals surface area contributed by atoms with Crippen molar-refractivity contribution < 1.29 is 8.83 Å². The highest BCUT2D eigenvalue weighted by atomic mass is 35.5. The van der Waals surface area contributed by atoms with Crippen LogP contribution in [0.15, 0.2) is 27.0 Å². The standard InChI is InChI=1S/C15H19ClO2/c1-9(2)14-8-12(15(16)18-14)7-10(3)13-6-5-11(4)17-13/h5-6,8-10H,7H2,1-4H3. The fourth-order valence-corrected chi connectivity index (χ4v) is 2.22. The van der Waals surface area contributed by atoms with Crippen LogP contribution in [0.4, 0.5) is 0 Å². The highest BCUT2D eigenvalue weighted by Gasteiger charge is 2.17. The van der Waals surface area contributed by atoms with Crippen LogP contribution in [-0.4, -0.2) is 0 Å². The Kier molecular flexibility index (Phi) is 3.86. The molecule has 0 aromatic carbocycles. The summed E-state index contributed by atoms with van der Waals surface area (Å²) in [6.07, 6.45) is 0.835. The van der Waals surface area contributed by atoms with Crippen molar-refractivity contribution in [2.24, 2.45) is 0 Å². The molecule has 1 atom stereocenters. The Labute approximate surface area is 113 Å². The molecule has 0 bridgehead atoms. The van der Waals surface area contributed by atoms with E-state index in [1.54, 1.807) is 0 Å². The first-order chi connectivity index (χ1) is 8.47. The van der Waals surface area contributed by atoms with Gasteiger partial charge in [0.2, 0.25) is 0 Å². The summed E-state index contributed by atoms with van der Waals surface area (Å²) in [6.45, 7) is 8.28. The van der Waals surface area contributed by atoms with Gasteiger partial charge in [-0.25, -0.2) is 0 Å². The van der Waals surface area contributed by atoms with Gasteiger partial charge in [0.15, 0.2) is 5.22 Å². The topological polar surface area (TPSA) is 26.3 Å². The van der Waals surface area contributed by atoms with Gasteiger partial charge in [0.25, 0.3) is 0 Å². The van der Waals surface area contributed by atoms with Crippen molar-refractivity contribution >= 4 is 11.6 Å². The van der Waals surface area contributed by atoms with Crippen LogP contribution < -0.4 is 0 Å². The summed E-state index contributed by atoms with van der Waals surface area (Å²) >= 11 is 6.13. The predicted molar refractivity (Wildman–Crippen MR) is 73.4 cm³/mol. The Balaban J connectivity index is 2.14. The van der Waals surface area contributed by atoms with Crippen molar-refractivity contribution in [3.8, 4) is 0 Å². The molecule has 0 saturated carbocycles. The number of aryl methyl sites for hydroxylation is 1. The second-order valence-corrected chi connectivity index (χ2v) is 5.50. The van der Waals surface area contributed by atoms with Crippen molar-refractivity contribution in [3.63, 3.8) is 0 Å². The lowest BCUT2D eigenvalue weighted by Crippen LogP contribution is -1.96. The van der Waals surface area contributed by atoms with E-state index in [1.807, 2.05) is 19.1 Å². The summed E-state index contributed by atoms with van der Waals surface area (Å²) in [5.74, 6) is 3.54. The molecule has 2 heterocycles. The summed E-state index contributed by atoms with van der Waals surface area (Å²) in [5, 5.41) is 0.508. The SMILES string of the molecule is Cc1ccc(C(C)Cc2cc(C(C)C)oc2Cl)o1. The van der Waals surface area contributed by atoms with Crippen LogP contribution in [0.3, 0.4) is 0 Å². The summed E-state index contributed by atoms with van der Waals surface area (Å²) in [6, 6.07) is 6.07. The maximum absolute atomic E-state index is 6.13. The molecule has 2 aromatic heterocycles. The minimum Gasteiger partial charge on any atom is -0.466 e. The molecule has 18 heavy (non-hydrogen) atoms. The van der Waals surface area contributed by atoms with E-state index >= 15 is 0 Å². The van der Waals surface area contributed by atoms with Gasteiger partial charge in [-0.1, -0.05) is 20.8 Å². The van der Waals surface area contributed by atoms with Crippen molar-refractivity contribution in [2.75, 3.05) is 0 Å². The molecule has 3 heteroatoms. The lowest BCUT2D eigenvalue weighted by molar-refractivity contribution is 0.450. The minimum atomic E-state index is 0.300. The van der Waals surface area contributed by atoms with E-state index in [4.69, 9.17) is 20.4 Å². The molecule has 0 saturated heterocycles. The maximum Gasteiger partial charge on any atom is 0.196 e. The van der Waals surface area contributed by atoms with Gasteiger partial charge >= 0.3 is 0 Å². The lowest BCUT2D eigenvalue weighted by Gasteiger charge is -2.06. The molecule has 0 amide bonds. The van der Waals surface area contributed by atoms with E-state index in [9.17, 15) is 0 Å². The Morgan fingerprint density at radius 1 is 1.11 bits per heavy atom. The smallest absolute Gasteiger partial charge is 0.196 e. The Bertz CT molecular complexity index is 522. The van der Waals surface area contributed by atoms with Gasteiger partial charge in [-0.2, -0.15) is 0 Å². The predicted octanol–water partition coefficient (Wildman–Crippen LogP) is 5.30. The average Bonchev–Trinajstić information content (AvgIpc) is 2.86. The highest BCUT2D eigenvalue weighted by molar-refractivity contribution is 6.29. The number of hydrogen-bond donors (Lipinski definition) is 0. The van der Waals surface area contributed by atoms with Crippen LogP contribution in [-0.2, 0) is 6.42 Å². The molecule has 0 radical (unpaired) electrons. The monoisotopic (exact) mass is 266 g/mol. The number of halogens is 1. The molecule has 0 aliphatic heterocycles. The van der Waals surface area contributed by atoms with E-state index in [1.165, 1.54) is 0 Å². The molecule has 0 spiro atoms. The summed E-state index contributed by atoms with van der Waals surface area (Å²) in [7, 11) is 0. The normalized spacial score (nSPS) is 13.2. The molecule has 0 N–H and O–H groups in total. The molecule has 0 aliphatic rings. The van der Waals surface area contributed by atoms with Crippen LogP contribution in [0.1, 0.15) is 55.5 Å². The molecule has 1 unspecified atom stereocenters. The zero-order chi connectivity index (χ0) is 13.3. The fourth-order valence-electron chi connectivity index (χ4n) is 2.00. The Hall–Kier alpha value is -1.15. The Morgan fingerprint density at radius 2 is 1.83 bits per heavy atom. The highest BCUT2D eigenvalue weighted by Crippen LogP contribution is 2.30. The Morgan fingerprint density at radius 3 is 2.33 bits per heavy atom. The zero-order valence-corrected chi connectivity index (χ0v) is 12.0. The summed E-state index contributed by atoms with van der Waals surface area (Å²) in [5.41, 5.74) is 1.06. The number of hydrogen-bond acceptors (Lipinski definition) is 2. The summed E-state index contributed by atoms with van der Waals surface area (Å²) in [4.78, 5) is 0. The third kappa shape index (κ3) is 2.81. The molecule has 2 rings (SSSR count). The quantitative estimate of drug-likeness (QED) is 0.750. The number of rotatable bonds is 4. The molecule has 2 aromatic rings. The van der Waals surface area contributed by atoms with Gasteiger partial charge in [-0.3, -0.25) is 0 Å². The first-order valence-electron chi connectivity index (χ1n) is 6.31. The first-order valence-corrected chi connectivity index (χ1v) is 6.69. The first kappa shape index (κ1) is 13.3. The van der Waals surface area contributed by atoms with Gasteiger partial charge in [0.1, 0.15) is 17.3 Å². The maximum atomic E-state index is 6.13. The number of furan rings is 2. The molecule has 98 valence electrons. The average molecular weight is 267 g/mol. The van der Waals surface area contributed by atoms with Gasteiger partial charge in [-0.15, -0.1) is 0 Å². The molecule has 0 fully saturated rings. The van der Waals surface area contributed by atoms with E-state index in [-0.39, 0.29) is 0 Å². The van der Waals surface area contributed by atoms with Crippen LogP contribution in [0.2, 0.25) is 5.22 Å². The van der Waals surface area contributed by atoms with Crippen LogP contribution in [0.5, 0.6) is 0 Å². The van der Waals surface area contributed by atoms with Gasteiger partial charge < -0.3 is 8.83 Å². The third-order valence-electron chi connectivity index (χ3n) is 3.12. The van der Waals surface area contributed by atoms with Crippen LogP contribution in [0, 0.1) is 6.92 Å². The van der Waals surface area contributed by atoms with Crippen molar-refractivity contribution in [2.45, 2.75) is 46.0 Å². The van der Waals surface area contributed by atoms with Crippen LogP contribution >= 0.6 is 11.6 Å². The third-order valence-corrected chi connectivity index (χ3v) is 3.44. The molecular weight excluding hydrogens is 248 g/mol. The largest absolute Gasteiger partial charge is 0.466 e. The van der Waals surface area contributed by atoms with Crippen molar-refractivity contribution in [1.29, 1.82) is 0 Å². The van der Waals surface area contributed by atoms with Gasteiger partial charge in [-0.05, 0) is 43.1 Å². The molecule has 2 nitrogen and oxygen atoms in total. The van der Waals surface area contributed by atoms with Gasteiger partial charge in [0.05, 0.1) is 0 Å². The molecule has 0 aliphatic carbocycles. The summed E-state index contributed by atoms with van der Waals surface area (Å²) < 4.78 is 11.2. The van der Waals surface area contributed by atoms with E-state index in [2.05, 4.69) is 26.8 Å². The minimum absolute atomic E-state index is 0.300. The second-order valence-electron chi connectivity index (χ2n) is 5.16. The van der Waals surface area contributed by atoms with E-state index in [0.717, 1.165) is 29.3 Å². The van der Waals surface area contributed by atoms with E-state index < -0.39 is 0 Å². The molecular formula is C15H19ClO2. The fraction of sp³-hybridized carbons (Fsp3) is 0.467. The van der Waals surface area contributed by atoms with Crippen molar-refractivity contribution in [3.05, 3.63) is 46.3 Å². The van der Waals surface area contributed by atoms with Gasteiger partial charge in [0, 0.05) is 17.4 Å². The van der Waals surface area contributed by atoms with E-state index in [0.29, 0.717) is 17.1 Å². The lowest BCUT2D eigenvalue weighted by atomic mass is 10.00. The zero-order valence-electron chi connectivity index (χ0n) is 11.3.